The van der Waals surface area contributed by atoms with Crippen molar-refractivity contribution in [2.45, 2.75) is 16.1 Å². The second-order valence-corrected chi connectivity index (χ2v) is 5.13. The standard InChI is InChI=1S/C13H8F3N3S/c14-13(15,16)12-18-9-5-4-8(7-10(9)19-12)20-11-3-1-2-6-17-11/h1-7H,(H,18,19). The number of H-pyrrole nitrogens is 1. The van der Waals surface area contributed by atoms with E-state index in [0.717, 1.165) is 9.92 Å². The lowest BCUT2D eigenvalue weighted by atomic mass is 10.3. The largest absolute Gasteiger partial charge is 0.449 e. The number of benzene rings is 1. The number of nitrogens with one attached hydrogen (secondary N) is 1. The summed E-state index contributed by atoms with van der Waals surface area (Å²) in [6, 6.07) is 10.4. The third-order valence-corrected chi connectivity index (χ3v) is 3.52. The third kappa shape index (κ3) is 2.62. The number of imidazole rings is 1. The zero-order valence-corrected chi connectivity index (χ0v) is 10.8. The Hall–Kier alpha value is -2.02. The van der Waals surface area contributed by atoms with E-state index in [0.29, 0.717) is 11.0 Å². The lowest BCUT2D eigenvalue weighted by Gasteiger charge is -2.00. The third-order valence-electron chi connectivity index (χ3n) is 2.58. The van der Waals surface area contributed by atoms with E-state index in [-0.39, 0.29) is 0 Å². The van der Waals surface area contributed by atoms with Crippen molar-refractivity contribution < 1.29 is 13.2 Å². The van der Waals surface area contributed by atoms with Gasteiger partial charge in [-0.05, 0) is 30.3 Å². The van der Waals surface area contributed by atoms with E-state index in [4.69, 9.17) is 0 Å². The van der Waals surface area contributed by atoms with Gasteiger partial charge in [0.1, 0.15) is 5.03 Å². The van der Waals surface area contributed by atoms with Gasteiger partial charge in [0.2, 0.25) is 5.82 Å². The second kappa shape index (κ2) is 4.82. The minimum Gasteiger partial charge on any atom is -0.334 e. The molecule has 3 nitrogen and oxygen atoms in total. The van der Waals surface area contributed by atoms with Crippen LogP contribution < -0.4 is 0 Å². The van der Waals surface area contributed by atoms with Crippen LogP contribution >= 0.6 is 11.8 Å². The molecule has 0 saturated heterocycles. The monoisotopic (exact) mass is 295 g/mol. The van der Waals surface area contributed by atoms with Gasteiger partial charge in [0, 0.05) is 11.1 Å². The molecular weight excluding hydrogens is 287 g/mol. The molecule has 0 atom stereocenters. The summed E-state index contributed by atoms with van der Waals surface area (Å²) in [7, 11) is 0. The minimum absolute atomic E-state index is 0.294. The number of pyridine rings is 1. The summed E-state index contributed by atoms with van der Waals surface area (Å²) in [5.41, 5.74) is 0.654. The van der Waals surface area contributed by atoms with Gasteiger partial charge >= 0.3 is 6.18 Å². The number of aromatic amines is 1. The number of hydrogen-bond donors (Lipinski definition) is 1. The molecule has 0 unspecified atom stereocenters. The van der Waals surface area contributed by atoms with Crippen molar-refractivity contribution in [1.29, 1.82) is 0 Å². The Labute approximate surface area is 116 Å². The molecule has 3 aromatic rings. The predicted octanol–water partition coefficient (Wildman–Crippen LogP) is 4.13. The quantitative estimate of drug-likeness (QED) is 0.773. The highest BCUT2D eigenvalue weighted by Crippen LogP contribution is 2.31. The first-order valence-electron chi connectivity index (χ1n) is 5.68. The summed E-state index contributed by atoms with van der Waals surface area (Å²) in [6.45, 7) is 0. The smallest absolute Gasteiger partial charge is 0.334 e. The molecule has 20 heavy (non-hydrogen) atoms. The van der Waals surface area contributed by atoms with Crippen LogP contribution in [0.3, 0.4) is 0 Å². The zero-order valence-electron chi connectivity index (χ0n) is 9.98. The first-order chi connectivity index (χ1) is 9.52. The average molecular weight is 295 g/mol. The summed E-state index contributed by atoms with van der Waals surface area (Å²) in [5, 5.41) is 0.780. The molecule has 0 aliphatic rings. The van der Waals surface area contributed by atoms with Gasteiger partial charge in [0.25, 0.3) is 0 Å². The van der Waals surface area contributed by atoms with Crippen LogP contribution in [0.1, 0.15) is 5.82 Å². The van der Waals surface area contributed by atoms with Gasteiger partial charge in [0.05, 0.1) is 11.0 Å². The molecule has 0 spiro atoms. The number of alkyl halides is 3. The second-order valence-electron chi connectivity index (χ2n) is 4.03. The highest BCUT2D eigenvalue weighted by atomic mass is 32.2. The molecule has 0 aliphatic heterocycles. The van der Waals surface area contributed by atoms with Crippen molar-refractivity contribution in [3.8, 4) is 0 Å². The molecule has 7 heteroatoms. The summed E-state index contributed by atoms with van der Waals surface area (Å²) in [6.07, 6.45) is -2.80. The van der Waals surface area contributed by atoms with Crippen LogP contribution in [0, 0.1) is 0 Å². The minimum atomic E-state index is -4.46. The first-order valence-corrected chi connectivity index (χ1v) is 6.50. The van der Waals surface area contributed by atoms with Gasteiger partial charge in [-0.1, -0.05) is 17.8 Å². The average Bonchev–Trinajstić information content (AvgIpc) is 2.83. The molecule has 0 bridgehead atoms. The Morgan fingerprint density at radius 2 is 1.95 bits per heavy atom. The summed E-state index contributed by atoms with van der Waals surface area (Å²) >= 11 is 1.38. The molecule has 0 radical (unpaired) electrons. The van der Waals surface area contributed by atoms with Crippen LogP contribution in [-0.2, 0) is 6.18 Å². The van der Waals surface area contributed by atoms with Crippen molar-refractivity contribution >= 4 is 22.8 Å². The van der Waals surface area contributed by atoms with Crippen LogP contribution in [0.15, 0.2) is 52.5 Å². The van der Waals surface area contributed by atoms with Gasteiger partial charge < -0.3 is 4.98 Å². The van der Waals surface area contributed by atoms with E-state index >= 15 is 0 Å². The first kappa shape index (κ1) is 13.0. The van der Waals surface area contributed by atoms with Crippen molar-refractivity contribution in [2.75, 3.05) is 0 Å². The van der Waals surface area contributed by atoms with Crippen molar-refractivity contribution in [3.05, 3.63) is 48.4 Å². The number of aromatic nitrogens is 3. The molecule has 1 aromatic carbocycles. The predicted molar refractivity (Wildman–Crippen MR) is 69.5 cm³/mol. The zero-order chi connectivity index (χ0) is 14.2. The molecule has 102 valence electrons. The van der Waals surface area contributed by atoms with Crippen LogP contribution in [0.5, 0.6) is 0 Å². The number of nitrogens with zero attached hydrogens (tertiary/aromatic N) is 2. The molecule has 0 aliphatic carbocycles. The van der Waals surface area contributed by atoms with Gasteiger partial charge in [-0.15, -0.1) is 0 Å². The van der Waals surface area contributed by atoms with Gasteiger partial charge in [-0.3, -0.25) is 0 Å². The topological polar surface area (TPSA) is 41.6 Å². The molecule has 2 heterocycles. The molecule has 1 N–H and O–H groups in total. The van der Waals surface area contributed by atoms with E-state index < -0.39 is 12.0 Å². The molecular formula is C13H8F3N3S. The number of halogens is 3. The van der Waals surface area contributed by atoms with E-state index in [1.807, 2.05) is 12.1 Å². The SMILES string of the molecule is FC(F)(F)c1nc2ccc(Sc3ccccn3)cc2[nH]1. The van der Waals surface area contributed by atoms with E-state index in [1.165, 1.54) is 11.8 Å². The maximum Gasteiger partial charge on any atom is 0.449 e. The van der Waals surface area contributed by atoms with Crippen molar-refractivity contribution in [2.24, 2.45) is 0 Å². The Morgan fingerprint density at radius 1 is 1.10 bits per heavy atom. The highest BCUT2D eigenvalue weighted by molar-refractivity contribution is 7.99. The Bertz CT molecular complexity index is 737. The maximum atomic E-state index is 12.6. The van der Waals surface area contributed by atoms with E-state index in [1.54, 1.807) is 30.5 Å². The maximum absolute atomic E-state index is 12.6. The Balaban J connectivity index is 1.95. The van der Waals surface area contributed by atoms with Crippen LogP contribution in [0.2, 0.25) is 0 Å². The van der Waals surface area contributed by atoms with Gasteiger partial charge in [-0.25, -0.2) is 9.97 Å². The van der Waals surface area contributed by atoms with Gasteiger partial charge in [0.15, 0.2) is 0 Å². The molecule has 0 fully saturated rings. The van der Waals surface area contributed by atoms with Gasteiger partial charge in [-0.2, -0.15) is 13.2 Å². The van der Waals surface area contributed by atoms with Crippen molar-refractivity contribution in [3.63, 3.8) is 0 Å². The summed E-state index contributed by atoms with van der Waals surface area (Å²) < 4.78 is 37.7. The lowest BCUT2D eigenvalue weighted by Crippen LogP contribution is -2.06. The van der Waals surface area contributed by atoms with E-state index in [2.05, 4.69) is 15.0 Å². The van der Waals surface area contributed by atoms with Crippen LogP contribution in [-0.4, -0.2) is 15.0 Å². The van der Waals surface area contributed by atoms with Crippen molar-refractivity contribution in [1.82, 2.24) is 15.0 Å². The number of fused-ring (bicyclic) bond motifs is 1. The fraction of sp³-hybridized carbons (Fsp3) is 0.0769. The van der Waals surface area contributed by atoms with E-state index in [9.17, 15) is 13.2 Å². The molecule has 0 saturated carbocycles. The fourth-order valence-electron chi connectivity index (χ4n) is 1.71. The number of rotatable bonds is 2. The Morgan fingerprint density at radius 3 is 2.65 bits per heavy atom. The molecule has 0 amide bonds. The normalized spacial score (nSPS) is 11.9. The Kier molecular flexibility index (Phi) is 3.13. The summed E-state index contributed by atoms with van der Waals surface area (Å²) in [5.74, 6) is -0.979. The molecule has 2 aromatic heterocycles. The highest BCUT2D eigenvalue weighted by Gasteiger charge is 2.34. The molecule has 3 rings (SSSR count). The van der Waals surface area contributed by atoms with Crippen LogP contribution in [0.4, 0.5) is 13.2 Å². The number of hydrogen-bond acceptors (Lipinski definition) is 3. The summed E-state index contributed by atoms with van der Waals surface area (Å²) in [4.78, 5) is 10.8. The lowest BCUT2D eigenvalue weighted by molar-refractivity contribution is -0.144. The fourth-order valence-corrected chi connectivity index (χ4v) is 2.53. The van der Waals surface area contributed by atoms with Crippen LogP contribution in [0.25, 0.3) is 11.0 Å².